The minimum Gasteiger partial charge on any atom is -0.354 e. The van der Waals surface area contributed by atoms with Crippen molar-refractivity contribution >= 4 is 5.95 Å². The topological polar surface area (TPSA) is 49.8 Å². The first kappa shape index (κ1) is 11.3. The first-order chi connectivity index (χ1) is 7.75. The lowest BCUT2D eigenvalue weighted by molar-refractivity contribution is 0.612. The fraction of sp³-hybridized carbons (Fsp3) is 0.667. The Hall–Kier alpha value is -1.16. The zero-order valence-corrected chi connectivity index (χ0v) is 10.0. The second-order valence-corrected chi connectivity index (χ2v) is 4.70. The number of hydrogen-bond donors (Lipinski definition) is 2. The Morgan fingerprint density at radius 2 is 2.44 bits per heavy atom. The molecule has 1 aromatic heterocycles. The Labute approximate surface area is 96.9 Å². The van der Waals surface area contributed by atoms with Crippen LogP contribution in [-0.2, 0) is 0 Å². The molecule has 0 aliphatic carbocycles. The Balaban J connectivity index is 1.90. The third-order valence-corrected chi connectivity index (χ3v) is 2.98. The smallest absolute Gasteiger partial charge is 0.222 e. The molecule has 0 aromatic carbocycles. The van der Waals surface area contributed by atoms with Gasteiger partial charge in [0.15, 0.2) is 0 Å². The monoisotopic (exact) mass is 220 g/mol. The number of aromatic nitrogens is 2. The molecule has 2 N–H and O–H groups in total. The summed E-state index contributed by atoms with van der Waals surface area (Å²) in [4.78, 5) is 8.73. The lowest BCUT2D eigenvalue weighted by Crippen LogP contribution is -2.18. The zero-order chi connectivity index (χ0) is 11.4. The van der Waals surface area contributed by atoms with Crippen LogP contribution in [0.3, 0.4) is 0 Å². The van der Waals surface area contributed by atoms with Crippen LogP contribution in [0.2, 0.25) is 0 Å². The van der Waals surface area contributed by atoms with Crippen LogP contribution in [-0.4, -0.2) is 29.6 Å². The molecule has 16 heavy (non-hydrogen) atoms. The quantitative estimate of drug-likeness (QED) is 0.809. The van der Waals surface area contributed by atoms with E-state index in [0.29, 0.717) is 11.8 Å². The summed E-state index contributed by atoms with van der Waals surface area (Å²) in [5.41, 5.74) is 1.10. The lowest BCUT2D eigenvalue weighted by atomic mass is 10.1. The van der Waals surface area contributed by atoms with Crippen molar-refractivity contribution in [3.63, 3.8) is 0 Å². The van der Waals surface area contributed by atoms with E-state index >= 15 is 0 Å². The van der Waals surface area contributed by atoms with Gasteiger partial charge in [-0.1, -0.05) is 13.8 Å². The van der Waals surface area contributed by atoms with E-state index in [2.05, 4.69) is 34.4 Å². The molecule has 1 atom stereocenters. The van der Waals surface area contributed by atoms with Crippen LogP contribution in [0.5, 0.6) is 0 Å². The van der Waals surface area contributed by atoms with Crippen LogP contribution in [0.15, 0.2) is 12.3 Å². The van der Waals surface area contributed by atoms with Crippen LogP contribution >= 0.6 is 0 Å². The molecule has 0 saturated carbocycles. The standard InChI is InChI=1S/C12H20N4/c1-9(2)11-4-6-14-12(16-11)15-8-10-3-5-13-7-10/h4,6,9-10,13H,3,5,7-8H2,1-2H3,(H,14,15,16). The Kier molecular flexibility index (Phi) is 3.72. The van der Waals surface area contributed by atoms with Gasteiger partial charge in [-0.2, -0.15) is 0 Å². The number of rotatable bonds is 4. The number of nitrogens with zero attached hydrogens (tertiary/aromatic N) is 2. The van der Waals surface area contributed by atoms with Crippen molar-refractivity contribution in [3.05, 3.63) is 18.0 Å². The largest absolute Gasteiger partial charge is 0.354 e. The molecule has 1 unspecified atom stereocenters. The minimum absolute atomic E-state index is 0.455. The summed E-state index contributed by atoms with van der Waals surface area (Å²) in [5, 5.41) is 6.68. The van der Waals surface area contributed by atoms with E-state index < -0.39 is 0 Å². The summed E-state index contributed by atoms with van der Waals surface area (Å²) in [6.07, 6.45) is 3.08. The molecule has 1 aliphatic heterocycles. The average molecular weight is 220 g/mol. The third-order valence-electron chi connectivity index (χ3n) is 2.98. The summed E-state index contributed by atoms with van der Waals surface area (Å²) in [6, 6.07) is 1.98. The molecule has 1 aliphatic rings. The first-order valence-corrected chi connectivity index (χ1v) is 6.03. The van der Waals surface area contributed by atoms with Gasteiger partial charge in [-0.3, -0.25) is 0 Å². The van der Waals surface area contributed by atoms with Gasteiger partial charge in [0.1, 0.15) is 0 Å². The second-order valence-electron chi connectivity index (χ2n) is 4.70. The summed E-state index contributed by atoms with van der Waals surface area (Å²) in [7, 11) is 0. The van der Waals surface area contributed by atoms with E-state index in [-0.39, 0.29) is 0 Å². The SMILES string of the molecule is CC(C)c1ccnc(NCC2CCNC2)n1. The van der Waals surface area contributed by atoms with E-state index in [1.807, 2.05) is 12.3 Å². The highest BCUT2D eigenvalue weighted by Crippen LogP contribution is 2.13. The highest BCUT2D eigenvalue weighted by atomic mass is 15.1. The molecule has 1 aromatic rings. The molecule has 4 heteroatoms. The van der Waals surface area contributed by atoms with Crippen LogP contribution in [0.4, 0.5) is 5.95 Å². The van der Waals surface area contributed by atoms with Crippen LogP contribution in [0.1, 0.15) is 31.9 Å². The Morgan fingerprint density at radius 3 is 3.12 bits per heavy atom. The predicted octanol–water partition coefficient (Wildman–Crippen LogP) is 1.62. The van der Waals surface area contributed by atoms with Crippen molar-refractivity contribution < 1.29 is 0 Å². The van der Waals surface area contributed by atoms with E-state index in [4.69, 9.17) is 0 Å². The van der Waals surface area contributed by atoms with Crippen molar-refractivity contribution in [2.75, 3.05) is 25.0 Å². The fourth-order valence-corrected chi connectivity index (χ4v) is 1.90. The van der Waals surface area contributed by atoms with Crippen LogP contribution in [0, 0.1) is 5.92 Å². The van der Waals surface area contributed by atoms with Crippen molar-refractivity contribution in [1.82, 2.24) is 15.3 Å². The average Bonchev–Trinajstić information content (AvgIpc) is 2.79. The number of hydrogen-bond acceptors (Lipinski definition) is 4. The first-order valence-electron chi connectivity index (χ1n) is 6.03. The van der Waals surface area contributed by atoms with Gasteiger partial charge < -0.3 is 10.6 Å². The maximum absolute atomic E-state index is 4.49. The van der Waals surface area contributed by atoms with Gasteiger partial charge in [-0.25, -0.2) is 9.97 Å². The van der Waals surface area contributed by atoms with E-state index in [0.717, 1.165) is 31.3 Å². The molecule has 2 rings (SSSR count). The minimum atomic E-state index is 0.455. The molecule has 0 radical (unpaired) electrons. The van der Waals surface area contributed by atoms with Gasteiger partial charge >= 0.3 is 0 Å². The molecular formula is C12H20N4. The van der Waals surface area contributed by atoms with E-state index in [1.54, 1.807) is 0 Å². The number of anilines is 1. The van der Waals surface area contributed by atoms with E-state index in [9.17, 15) is 0 Å². The van der Waals surface area contributed by atoms with Crippen molar-refractivity contribution in [2.24, 2.45) is 5.92 Å². The summed E-state index contributed by atoms with van der Waals surface area (Å²) in [5.74, 6) is 1.93. The second kappa shape index (κ2) is 5.25. The Morgan fingerprint density at radius 1 is 1.56 bits per heavy atom. The van der Waals surface area contributed by atoms with Crippen molar-refractivity contribution in [1.29, 1.82) is 0 Å². The van der Waals surface area contributed by atoms with Gasteiger partial charge in [-0.15, -0.1) is 0 Å². The maximum Gasteiger partial charge on any atom is 0.222 e. The van der Waals surface area contributed by atoms with Gasteiger partial charge in [0, 0.05) is 18.4 Å². The van der Waals surface area contributed by atoms with Crippen LogP contribution < -0.4 is 10.6 Å². The molecule has 1 fully saturated rings. The molecule has 4 nitrogen and oxygen atoms in total. The van der Waals surface area contributed by atoms with Gasteiger partial charge in [0.2, 0.25) is 5.95 Å². The molecule has 88 valence electrons. The molecule has 2 heterocycles. The maximum atomic E-state index is 4.49. The van der Waals surface area contributed by atoms with Crippen molar-refractivity contribution in [3.8, 4) is 0 Å². The normalized spacial score (nSPS) is 20.3. The highest BCUT2D eigenvalue weighted by Gasteiger charge is 2.14. The molecule has 1 saturated heterocycles. The molecule has 0 spiro atoms. The predicted molar refractivity (Wildman–Crippen MR) is 65.6 cm³/mol. The van der Waals surface area contributed by atoms with E-state index in [1.165, 1.54) is 6.42 Å². The van der Waals surface area contributed by atoms with Gasteiger partial charge in [0.25, 0.3) is 0 Å². The molecular weight excluding hydrogens is 200 g/mol. The van der Waals surface area contributed by atoms with Crippen molar-refractivity contribution in [2.45, 2.75) is 26.2 Å². The Bertz CT molecular complexity index is 332. The van der Waals surface area contributed by atoms with Crippen LogP contribution in [0.25, 0.3) is 0 Å². The molecule has 0 bridgehead atoms. The fourth-order valence-electron chi connectivity index (χ4n) is 1.90. The molecule has 0 amide bonds. The van der Waals surface area contributed by atoms with Gasteiger partial charge in [-0.05, 0) is 37.4 Å². The zero-order valence-electron chi connectivity index (χ0n) is 10.0. The third kappa shape index (κ3) is 2.92. The lowest BCUT2D eigenvalue weighted by Gasteiger charge is -2.11. The number of nitrogens with one attached hydrogen (secondary N) is 2. The summed E-state index contributed by atoms with van der Waals surface area (Å²) < 4.78 is 0. The summed E-state index contributed by atoms with van der Waals surface area (Å²) in [6.45, 7) is 7.50. The summed E-state index contributed by atoms with van der Waals surface area (Å²) >= 11 is 0. The highest BCUT2D eigenvalue weighted by molar-refractivity contribution is 5.26. The van der Waals surface area contributed by atoms with Gasteiger partial charge in [0.05, 0.1) is 0 Å².